The number of nitrogens with zero attached hydrogens (tertiary/aromatic N) is 2. The van der Waals surface area contributed by atoms with Crippen molar-refractivity contribution >= 4 is 78.0 Å². The summed E-state index contributed by atoms with van der Waals surface area (Å²) in [6, 6.07) is 72.0. The van der Waals surface area contributed by atoms with Crippen LogP contribution in [0.2, 0.25) is 0 Å². The molecule has 3 heterocycles. The van der Waals surface area contributed by atoms with E-state index in [-0.39, 0.29) is 18.5 Å². The van der Waals surface area contributed by atoms with E-state index in [2.05, 4.69) is 219 Å². The van der Waals surface area contributed by atoms with Crippen LogP contribution in [0.4, 0.5) is 34.1 Å². The minimum atomic E-state index is -2.21. The first kappa shape index (κ1) is 36.7. The van der Waals surface area contributed by atoms with Gasteiger partial charge in [-0.1, -0.05) is 173 Å². The summed E-state index contributed by atoms with van der Waals surface area (Å²) in [6.45, 7) is 6.46. The summed E-state index contributed by atoms with van der Waals surface area (Å²) in [5, 5.41) is 1.26. The highest BCUT2D eigenvalue weighted by Gasteiger charge is 2.52. The zero-order chi connectivity index (χ0) is 48.1. The van der Waals surface area contributed by atoms with Crippen LogP contribution in [0.15, 0.2) is 194 Å². The largest absolute Gasteiger partial charge is 0.311 e. The fourth-order valence-electron chi connectivity index (χ4n) is 12.8. The number of aryl methyl sites for hydroxylation is 1. The van der Waals surface area contributed by atoms with Gasteiger partial charge >= 0.3 is 0 Å². The monoisotopic (exact) mass is 891 g/mol. The maximum absolute atomic E-state index is 8.47. The van der Waals surface area contributed by atoms with Crippen molar-refractivity contribution < 1.29 is 4.11 Å². The molecule has 1 spiro atoms. The molecule has 14 rings (SSSR count). The Balaban J connectivity index is 1.07. The van der Waals surface area contributed by atoms with E-state index in [1.807, 2.05) is 23.5 Å². The van der Waals surface area contributed by atoms with E-state index in [1.54, 1.807) is 0 Å². The lowest BCUT2D eigenvalue weighted by molar-refractivity contribution is 0.795. The predicted octanol–water partition coefficient (Wildman–Crippen LogP) is 15.5. The maximum atomic E-state index is 8.47. The summed E-state index contributed by atoms with van der Waals surface area (Å²) in [4.78, 5) is 5.02. The molecule has 1 aromatic heterocycles. The number of benzene rings is 9. The van der Waals surface area contributed by atoms with Crippen LogP contribution in [0.1, 0.15) is 82.6 Å². The van der Waals surface area contributed by atoms with Gasteiger partial charge in [-0.25, -0.2) is 0 Å². The molecule has 0 amide bonds. The average Bonchev–Trinajstić information content (AvgIpc) is 4.02. The van der Waals surface area contributed by atoms with Crippen molar-refractivity contribution in [2.24, 2.45) is 0 Å². The normalized spacial score (nSPS) is 15.1. The maximum Gasteiger partial charge on any atom is 0.264 e. The molecule has 0 bridgehead atoms. The van der Waals surface area contributed by atoms with E-state index in [0.717, 1.165) is 45.0 Å². The predicted molar refractivity (Wildman–Crippen MR) is 290 cm³/mol. The van der Waals surface area contributed by atoms with E-state index in [0.29, 0.717) is 5.56 Å². The molecule has 0 unspecified atom stereocenters. The van der Waals surface area contributed by atoms with Crippen LogP contribution in [0.3, 0.4) is 0 Å². The minimum Gasteiger partial charge on any atom is -0.311 e. The van der Waals surface area contributed by atoms with Crippen LogP contribution in [0, 0.1) is 6.85 Å². The highest BCUT2D eigenvalue weighted by molar-refractivity contribution is 7.33. The van der Waals surface area contributed by atoms with Crippen molar-refractivity contribution in [3.8, 4) is 33.4 Å². The second-order valence-electron chi connectivity index (χ2n) is 19.7. The van der Waals surface area contributed by atoms with Gasteiger partial charge in [0.15, 0.2) is 0 Å². The second kappa shape index (κ2) is 14.6. The molecule has 10 aromatic rings. The van der Waals surface area contributed by atoms with Gasteiger partial charge in [-0.2, -0.15) is 0 Å². The molecule has 2 nitrogen and oxygen atoms in total. The molecule has 68 heavy (non-hydrogen) atoms. The van der Waals surface area contributed by atoms with E-state index >= 15 is 0 Å². The molecule has 9 aromatic carbocycles. The van der Waals surface area contributed by atoms with Crippen LogP contribution in [0.25, 0.3) is 43.5 Å². The zero-order valence-electron chi connectivity index (χ0n) is 41.5. The van der Waals surface area contributed by atoms with Crippen molar-refractivity contribution in [1.29, 1.82) is 0 Å². The molecule has 4 heteroatoms. The number of anilines is 6. The van der Waals surface area contributed by atoms with Crippen LogP contribution >= 0.6 is 11.3 Å². The van der Waals surface area contributed by atoms with Crippen LogP contribution in [-0.4, -0.2) is 6.71 Å². The van der Waals surface area contributed by atoms with Crippen molar-refractivity contribution in [2.75, 3.05) is 9.80 Å². The van der Waals surface area contributed by atoms with Gasteiger partial charge < -0.3 is 9.80 Å². The van der Waals surface area contributed by atoms with Gasteiger partial charge in [0.25, 0.3) is 6.71 Å². The summed E-state index contributed by atoms with van der Waals surface area (Å²) in [5.41, 5.74) is 24.4. The highest BCUT2D eigenvalue weighted by Crippen LogP contribution is 2.64. The molecule has 2 aliphatic heterocycles. The van der Waals surface area contributed by atoms with Gasteiger partial charge in [0.05, 0.1) is 11.1 Å². The average molecular weight is 892 g/mol. The number of hydrogen-bond donors (Lipinski definition) is 0. The molecule has 0 radical (unpaired) electrons. The molecule has 0 N–H and O–H groups in total. The van der Waals surface area contributed by atoms with Crippen LogP contribution in [0.5, 0.6) is 0 Å². The molecule has 324 valence electrons. The first-order chi connectivity index (χ1) is 34.5. The van der Waals surface area contributed by atoms with Gasteiger partial charge in [-0.3, -0.25) is 0 Å². The number of hydrogen-bond acceptors (Lipinski definition) is 3. The van der Waals surface area contributed by atoms with E-state index in [9.17, 15) is 0 Å². The summed E-state index contributed by atoms with van der Waals surface area (Å²) in [5.74, 6) is 0.216. The second-order valence-corrected chi connectivity index (χ2v) is 20.8. The summed E-state index contributed by atoms with van der Waals surface area (Å²) >= 11 is 1.95. The van der Waals surface area contributed by atoms with Gasteiger partial charge in [0.1, 0.15) is 0 Å². The third-order valence-electron chi connectivity index (χ3n) is 15.5. The van der Waals surface area contributed by atoms with Crippen molar-refractivity contribution in [1.82, 2.24) is 0 Å². The molecule has 0 saturated carbocycles. The Hall–Kier alpha value is -7.40. The lowest BCUT2D eigenvalue weighted by Crippen LogP contribution is -2.60. The lowest BCUT2D eigenvalue weighted by atomic mass is 9.36. The van der Waals surface area contributed by atoms with Gasteiger partial charge in [-0.05, 0) is 151 Å². The molecule has 2 aliphatic carbocycles. The fourth-order valence-corrected chi connectivity index (χ4v) is 14.1. The zero-order valence-corrected chi connectivity index (χ0v) is 39.3. The fraction of sp³-hybridized carbons (Fsp3) is 0.125. The van der Waals surface area contributed by atoms with Gasteiger partial charge in [-0.15, -0.1) is 11.3 Å². The molecule has 0 saturated heterocycles. The topological polar surface area (TPSA) is 6.48 Å². The molecular weight excluding hydrogens is 840 g/mol. The smallest absolute Gasteiger partial charge is 0.264 e. The molecular formula is C64H49BN2S. The number of rotatable bonds is 5. The van der Waals surface area contributed by atoms with Crippen molar-refractivity contribution in [3.05, 3.63) is 233 Å². The van der Waals surface area contributed by atoms with Crippen LogP contribution in [-0.2, 0) is 5.41 Å². The van der Waals surface area contributed by atoms with Gasteiger partial charge in [0, 0.05) is 47.4 Å². The quantitative estimate of drug-likeness (QED) is 0.159. The van der Waals surface area contributed by atoms with Crippen molar-refractivity contribution in [3.63, 3.8) is 0 Å². The Labute approximate surface area is 408 Å². The Morgan fingerprint density at radius 2 is 1.04 bits per heavy atom. The number of thiophene rings is 1. The Morgan fingerprint density at radius 1 is 0.500 bits per heavy atom. The Morgan fingerprint density at radius 3 is 1.63 bits per heavy atom. The van der Waals surface area contributed by atoms with Crippen LogP contribution < -0.4 is 25.5 Å². The summed E-state index contributed by atoms with van der Waals surface area (Å²) in [7, 11) is 0. The lowest BCUT2D eigenvalue weighted by Gasteiger charge is -2.43. The standard InChI is InChI=1S/C64H49BN2S/c1-38(2)47-33-40(5)34-48(39(3)4)60(47)41-31-32-55-58(35-41)66(42-19-8-6-9-20-42)56-29-18-30-57-61(56)65(55)63-62(67(57)43-21-10-7-11-22-43)50-36-49-46-25-14-17-28-53(46)64(54(49)37-59(50)68-63)51-26-15-12-23-44(51)45-24-13-16-27-52(45)64/h6-39H,1-5H3/i5D3. The van der Waals surface area contributed by atoms with E-state index in [1.165, 1.54) is 81.7 Å². The summed E-state index contributed by atoms with van der Waals surface area (Å²) < 4.78 is 28.0. The highest BCUT2D eigenvalue weighted by atomic mass is 32.1. The summed E-state index contributed by atoms with van der Waals surface area (Å²) in [6.07, 6.45) is 0. The van der Waals surface area contributed by atoms with Crippen molar-refractivity contribution in [2.45, 2.75) is 51.8 Å². The number of fused-ring (bicyclic) bond motifs is 16. The van der Waals surface area contributed by atoms with E-state index in [4.69, 9.17) is 4.11 Å². The first-order valence-electron chi connectivity index (χ1n) is 25.6. The van der Waals surface area contributed by atoms with E-state index < -0.39 is 12.3 Å². The Kier molecular flexibility index (Phi) is 7.85. The third kappa shape index (κ3) is 5.24. The third-order valence-corrected chi connectivity index (χ3v) is 16.7. The SMILES string of the molecule is [2H]C([2H])([2H])c1cc(C(C)C)c(-c2ccc3c(c2)N(c2ccccc2)c2cccc4c2B3c2sc3cc5c(cc3c2N4c2ccccc2)-c2ccccc2C52c3ccccc3-c3ccccc32)c(C(C)C)c1. The molecule has 0 fully saturated rings. The number of para-hydroxylation sites is 2. The first-order valence-corrected chi connectivity index (χ1v) is 24.9. The molecule has 4 aliphatic rings. The Bertz CT molecular complexity index is 3780. The molecule has 0 atom stereocenters. The minimum absolute atomic E-state index is 0.0614. The van der Waals surface area contributed by atoms with Gasteiger partial charge in [0.2, 0.25) is 0 Å².